The summed E-state index contributed by atoms with van der Waals surface area (Å²) in [6.07, 6.45) is 3.41. The van der Waals surface area contributed by atoms with Gasteiger partial charge in [-0.2, -0.15) is 0 Å². The van der Waals surface area contributed by atoms with Crippen molar-refractivity contribution < 1.29 is 9.90 Å². The van der Waals surface area contributed by atoms with Gasteiger partial charge in [0.15, 0.2) is 16.7 Å². The third-order valence-electron chi connectivity index (χ3n) is 4.08. The number of benzene rings is 1. The van der Waals surface area contributed by atoms with E-state index in [1.807, 2.05) is 41.8 Å². The number of thioether (sulfide) groups is 1. The maximum absolute atomic E-state index is 11.1. The van der Waals surface area contributed by atoms with Gasteiger partial charge in [-0.25, -0.2) is 9.78 Å². The Hall–Kier alpha value is -2.75. The van der Waals surface area contributed by atoms with Crippen LogP contribution < -0.4 is 0 Å². The van der Waals surface area contributed by atoms with Gasteiger partial charge in [0.1, 0.15) is 5.01 Å². The highest BCUT2D eigenvalue weighted by Gasteiger charge is 2.19. The second-order valence-electron chi connectivity index (χ2n) is 6.03. The van der Waals surface area contributed by atoms with Crippen molar-refractivity contribution in [1.29, 1.82) is 0 Å². The van der Waals surface area contributed by atoms with Crippen molar-refractivity contribution in [2.75, 3.05) is 0 Å². The Morgan fingerprint density at radius 3 is 2.76 bits per heavy atom. The first kappa shape index (κ1) is 19.6. The first-order valence-electron chi connectivity index (χ1n) is 8.46. The standard InChI is InChI=1S/C19H14ClN5O2S2/c1-11-2-3-13(20)8-15(11)25-17(12-4-6-21-7-5-12)23-24-19(25)29-10-16-22-14(9-28-16)18(26)27/h2-9H,10H2,1H3,(H,26,27). The molecule has 0 saturated heterocycles. The molecule has 3 heterocycles. The largest absolute Gasteiger partial charge is 0.476 e. The normalized spacial score (nSPS) is 11.0. The summed E-state index contributed by atoms with van der Waals surface area (Å²) in [5, 5.41) is 21.3. The summed E-state index contributed by atoms with van der Waals surface area (Å²) >= 11 is 9.00. The van der Waals surface area contributed by atoms with Crippen molar-refractivity contribution in [3.05, 3.63) is 69.4 Å². The molecule has 4 aromatic rings. The molecule has 0 saturated carbocycles. The van der Waals surface area contributed by atoms with Crippen molar-refractivity contribution in [2.45, 2.75) is 17.8 Å². The fourth-order valence-corrected chi connectivity index (χ4v) is 4.59. The zero-order valence-corrected chi connectivity index (χ0v) is 17.5. The van der Waals surface area contributed by atoms with Crippen LogP contribution >= 0.6 is 34.7 Å². The van der Waals surface area contributed by atoms with Crippen molar-refractivity contribution >= 4 is 40.7 Å². The maximum atomic E-state index is 11.1. The monoisotopic (exact) mass is 443 g/mol. The van der Waals surface area contributed by atoms with Gasteiger partial charge in [0, 0.05) is 28.4 Å². The molecule has 0 aliphatic rings. The number of aromatic carboxylic acids is 1. The first-order valence-corrected chi connectivity index (χ1v) is 10.7. The first-order chi connectivity index (χ1) is 14.0. The van der Waals surface area contributed by atoms with E-state index in [4.69, 9.17) is 16.7 Å². The highest BCUT2D eigenvalue weighted by atomic mass is 35.5. The summed E-state index contributed by atoms with van der Waals surface area (Å²) < 4.78 is 1.95. The van der Waals surface area contributed by atoms with E-state index >= 15 is 0 Å². The minimum Gasteiger partial charge on any atom is -0.476 e. The Morgan fingerprint density at radius 1 is 1.24 bits per heavy atom. The van der Waals surface area contributed by atoms with Gasteiger partial charge in [0.2, 0.25) is 0 Å². The molecule has 0 amide bonds. The minimum atomic E-state index is -1.03. The molecular weight excluding hydrogens is 430 g/mol. The van der Waals surface area contributed by atoms with Crippen LogP contribution in [0.1, 0.15) is 21.1 Å². The number of rotatable bonds is 6. The summed E-state index contributed by atoms with van der Waals surface area (Å²) in [5.74, 6) is 0.118. The number of carboxylic acid groups (broad SMARTS) is 1. The predicted molar refractivity (Wildman–Crippen MR) is 113 cm³/mol. The van der Waals surface area contributed by atoms with Gasteiger partial charge < -0.3 is 5.11 Å². The number of aromatic nitrogens is 5. The number of thiazole rings is 1. The smallest absolute Gasteiger partial charge is 0.355 e. The molecule has 10 heteroatoms. The van der Waals surface area contributed by atoms with Crippen LogP contribution in [-0.2, 0) is 5.75 Å². The van der Waals surface area contributed by atoms with Crippen LogP contribution in [0.5, 0.6) is 0 Å². The van der Waals surface area contributed by atoms with E-state index in [-0.39, 0.29) is 5.69 Å². The zero-order valence-electron chi connectivity index (χ0n) is 15.1. The van der Waals surface area contributed by atoms with E-state index in [2.05, 4.69) is 20.2 Å². The molecule has 0 fully saturated rings. The van der Waals surface area contributed by atoms with Crippen LogP contribution in [0.3, 0.4) is 0 Å². The molecular formula is C19H14ClN5O2S2. The lowest BCUT2D eigenvalue weighted by atomic mass is 10.2. The second-order valence-corrected chi connectivity index (χ2v) is 8.35. The summed E-state index contributed by atoms with van der Waals surface area (Å²) in [6, 6.07) is 9.40. The van der Waals surface area contributed by atoms with E-state index in [9.17, 15) is 4.79 Å². The summed E-state index contributed by atoms with van der Waals surface area (Å²) in [7, 11) is 0. The van der Waals surface area contributed by atoms with Crippen LogP contribution in [0.15, 0.2) is 53.3 Å². The minimum absolute atomic E-state index is 0.0511. The molecule has 29 heavy (non-hydrogen) atoms. The molecule has 0 unspecified atom stereocenters. The van der Waals surface area contributed by atoms with E-state index in [1.165, 1.54) is 28.5 Å². The summed E-state index contributed by atoms with van der Waals surface area (Å²) in [6.45, 7) is 2.00. The Bertz CT molecular complexity index is 1180. The van der Waals surface area contributed by atoms with Crippen LogP contribution in [0.25, 0.3) is 17.1 Å². The van der Waals surface area contributed by atoms with Crippen LogP contribution in [0, 0.1) is 6.92 Å². The Morgan fingerprint density at radius 2 is 2.03 bits per heavy atom. The van der Waals surface area contributed by atoms with Crippen LogP contribution in [0.4, 0.5) is 0 Å². The molecule has 0 bridgehead atoms. The van der Waals surface area contributed by atoms with E-state index < -0.39 is 5.97 Å². The number of halogens is 1. The Kier molecular flexibility index (Phi) is 5.61. The Labute approximate surface area is 179 Å². The lowest BCUT2D eigenvalue weighted by molar-refractivity contribution is 0.0691. The number of carboxylic acids is 1. The lowest BCUT2D eigenvalue weighted by Crippen LogP contribution is -2.02. The van der Waals surface area contributed by atoms with Crippen molar-refractivity contribution in [3.8, 4) is 17.1 Å². The van der Waals surface area contributed by atoms with Crippen LogP contribution in [0.2, 0.25) is 5.02 Å². The molecule has 146 valence electrons. The molecule has 0 aliphatic heterocycles. The van der Waals surface area contributed by atoms with E-state index in [0.717, 1.165) is 16.8 Å². The topological polar surface area (TPSA) is 93.8 Å². The Balaban J connectivity index is 1.74. The van der Waals surface area contributed by atoms with Gasteiger partial charge >= 0.3 is 5.97 Å². The summed E-state index contributed by atoms with van der Waals surface area (Å²) in [4.78, 5) is 19.3. The van der Waals surface area contributed by atoms with E-state index in [0.29, 0.717) is 26.8 Å². The van der Waals surface area contributed by atoms with Crippen molar-refractivity contribution in [2.24, 2.45) is 0 Å². The summed E-state index contributed by atoms with van der Waals surface area (Å²) in [5.41, 5.74) is 2.83. The SMILES string of the molecule is Cc1ccc(Cl)cc1-n1c(SCc2nc(C(=O)O)cs2)nnc1-c1ccncc1. The van der Waals surface area contributed by atoms with Gasteiger partial charge in [0.05, 0.1) is 11.4 Å². The van der Waals surface area contributed by atoms with Gasteiger partial charge in [0.25, 0.3) is 0 Å². The number of hydrogen-bond donors (Lipinski definition) is 1. The van der Waals surface area contributed by atoms with Crippen molar-refractivity contribution in [1.82, 2.24) is 24.7 Å². The average Bonchev–Trinajstić information content (AvgIpc) is 3.36. The molecule has 0 atom stereocenters. The molecule has 0 radical (unpaired) electrons. The second kappa shape index (κ2) is 8.32. The fraction of sp³-hybridized carbons (Fsp3) is 0.105. The fourth-order valence-electron chi connectivity index (χ4n) is 2.69. The molecule has 3 aromatic heterocycles. The number of aryl methyl sites for hydroxylation is 1. The third-order valence-corrected chi connectivity index (χ3v) is 6.29. The van der Waals surface area contributed by atoms with Crippen LogP contribution in [-0.4, -0.2) is 35.8 Å². The number of nitrogens with zero attached hydrogens (tertiary/aromatic N) is 5. The van der Waals surface area contributed by atoms with Gasteiger partial charge in [-0.3, -0.25) is 9.55 Å². The molecule has 1 aromatic carbocycles. The highest BCUT2D eigenvalue weighted by molar-refractivity contribution is 7.98. The molecule has 1 N–H and O–H groups in total. The average molecular weight is 444 g/mol. The van der Waals surface area contributed by atoms with Gasteiger partial charge in [-0.1, -0.05) is 29.4 Å². The number of hydrogen-bond acceptors (Lipinski definition) is 7. The van der Waals surface area contributed by atoms with Gasteiger partial charge in [-0.15, -0.1) is 21.5 Å². The van der Waals surface area contributed by atoms with E-state index in [1.54, 1.807) is 12.4 Å². The quantitative estimate of drug-likeness (QED) is 0.430. The molecule has 4 rings (SSSR count). The molecule has 0 aliphatic carbocycles. The van der Waals surface area contributed by atoms with Gasteiger partial charge in [-0.05, 0) is 36.8 Å². The zero-order chi connectivity index (χ0) is 20.4. The lowest BCUT2D eigenvalue weighted by Gasteiger charge is -2.13. The number of carbonyl (C=O) groups is 1. The van der Waals surface area contributed by atoms with Crippen molar-refractivity contribution in [3.63, 3.8) is 0 Å². The number of pyridine rings is 1. The maximum Gasteiger partial charge on any atom is 0.355 e. The highest BCUT2D eigenvalue weighted by Crippen LogP contribution is 2.32. The molecule has 0 spiro atoms. The predicted octanol–water partition coefficient (Wildman–Crippen LogP) is 4.74. The third kappa shape index (κ3) is 4.16. The molecule has 7 nitrogen and oxygen atoms in total.